The van der Waals surface area contributed by atoms with Crippen molar-refractivity contribution < 1.29 is 23.9 Å². The summed E-state index contributed by atoms with van der Waals surface area (Å²) in [7, 11) is 0. The van der Waals surface area contributed by atoms with Crippen molar-refractivity contribution in [2.45, 2.75) is 20.8 Å². The Balaban J connectivity index is 2.44. The molecule has 0 atom stereocenters. The van der Waals surface area contributed by atoms with Crippen LogP contribution in [0, 0.1) is 13.8 Å². The predicted molar refractivity (Wildman–Crippen MR) is 81.3 cm³/mol. The Bertz CT molecular complexity index is 592. The highest BCUT2D eigenvalue weighted by Crippen LogP contribution is 2.17. The van der Waals surface area contributed by atoms with Crippen molar-refractivity contribution in [3.63, 3.8) is 0 Å². The Kier molecular flexibility index (Phi) is 6.82. The minimum atomic E-state index is -0.788. The third-order valence-electron chi connectivity index (χ3n) is 2.87. The summed E-state index contributed by atoms with van der Waals surface area (Å²) in [4.78, 5) is 34.0. The van der Waals surface area contributed by atoms with E-state index in [1.165, 1.54) is 0 Å². The summed E-state index contributed by atoms with van der Waals surface area (Å²) in [5.74, 6) is -1.88. The first-order valence-corrected chi connectivity index (χ1v) is 6.81. The smallest absolute Gasteiger partial charge is 0.331 e. The molecular formula is C16H19NO5. The third kappa shape index (κ3) is 5.78. The maximum Gasteiger partial charge on any atom is 0.331 e. The SMILES string of the molecule is CCOC(=O)/C=C/C(=O)OCC(=O)Nc1cccc(C)c1C. The van der Waals surface area contributed by atoms with Crippen molar-refractivity contribution in [2.24, 2.45) is 0 Å². The molecule has 1 aromatic rings. The van der Waals surface area contributed by atoms with Gasteiger partial charge in [-0.1, -0.05) is 12.1 Å². The van der Waals surface area contributed by atoms with Gasteiger partial charge in [0, 0.05) is 17.8 Å². The zero-order valence-corrected chi connectivity index (χ0v) is 12.8. The van der Waals surface area contributed by atoms with E-state index >= 15 is 0 Å². The van der Waals surface area contributed by atoms with Crippen molar-refractivity contribution in [2.75, 3.05) is 18.5 Å². The second kappa shape index (κ2) is 8.61. The van der Waals surface area contributed by atoms with Crippen LogP contribution in [-0.2, 0) is 23.9 Å². The Morgan fingerprint density at radius 3 is 2.36 bits per heavy atom. The quantitative estimate of drug-likeness (QED) is 0.641. The molecule has 0 saturated heterocycles. The van der Waals surface area contributed by atoms with Crippen LogP contribution in [0.2, 0.25) is 0 Å². The molecule has 6 nitrogen and oxygen atoms in total. The number of nitrogens with one attached hydrogen (secondary N) is 1. The van der Waals surface area contributed by atoms with Gasteiger partial charge in [-0.25, -0.2) is 9.59 Å². The molecule has 1 aromatic carbocycles. The zero-order valence-electron chi connectivity index (χ0n) is 12.8. The standard InChI is InChI=1S/C16H19NO5/c1-4-21-15(19)8-9-16(20)22-10-14(18)17-13-7-5-6-11(2)12(13)3/h5-9H,4,10H2,1-3H3,(H,17,18)/b9-8+. The van der Waals surface area contributed by atoms with Gasteiger partial charge >= 0.3 is 11.9 Å². The second-order valence-electron chi connectivity index (χ2n) is 4.49. The molecule has 0 saturated carbocycles. The molecule has 0 spiro atoms. The van der Waals surface area contributed by atoms with Crippen LogP contribution in [0.1, 0.15) is 18.1 Å². The third-order valence-corrected chi connectivity index (χ3v) is 2.87. The summed E-state index contributed by atoms with van der Waals surface area (Å²) in [6.45, 7) is 5.27. The van der Waals surface area contributed by atoms with Crippen LogP contribution in [0.3, 0.4) is 0 Å². The number of benzene rings is 1. The first-order valence-electron chi connectivity index (χ1n) is 6.81. The Hall–Kier alpha value is -2.63. The monoisotopic (exact) mass is 305 g/mol. The Morgan fingerprint density at radius 2 is 1.73 bits per heavy atom. The van der Waals surface area contributed by atoms with Gasteiger partial charge in [0.1, 0.15) is 0 Å². The molecule has 0 aromatic heterocycles. The summed E-state index contributed by atoms with van der Waals surface area (Å²) >= 11 is 0. The Labute approximate surface area is 129 Å². The molecule has 0 aliphatic carbocycles. The van der Waals surface area contributed by atoms with E-state index in [1.807, 2.05) is 26.0 Å². The van der Waals surface area contributed by atoms with Gasteiger partial charge in [-0.2, -0.15) is 0 Å². The van der Waals surface area contributed by atoms with Crippen LogP contribution >= 0.6 is 0 Å². The van der Waals surface area contributed by atoms with Gasteiger partial charge in [0.15, 0.2) is 6.61 Å². The van der Waals surface area contributed by atoms with Crippen molar-refractivity contribution in [3.05, 3.63) is 41.5 Å². The summed E-state index contributed by atoms with van der Waals surface area (Å²) in [5, 5.41) is 2.66. The van der Waals surface area contributed by atoms with E-state index in [4.69, 9.17) is 4.74 Å². The van der Waals surface area contributed by atoms with Gasteiger partial charge in [-0.15, -0.1) is 0 Å². The largest absolute Gasteiger partial charge is 0.463 e. The zero-order chi connectivity index (χ0) is 16.5. The lowest BCUT2D eigenvalue weighted by Gasteiger charge is -2.10. The summed E-state index contributed by atoms with van der Waals surface area (Å²) < 4.78 is 9.34. The number of hydrogen-bond donors (Lipinski definition) is 1. The fourth-order valence-electron chi connectivity index (χ4n) is 1.58. The maximum absolute atomic E-state index is 11.7. The number of anilines is 1. The molecule has 0 aliphatic rings. The minimum Gasteiger partial charge on any atom is -0.463 e. The molecule has 0 bridgehead atoms. The van der Waals surface area contributed by atoms with Crippen LogP contribution in [-0.4, -0.2) is 31.1 Å². The van der Waals surface area contributed by atoms with Gasteiger partial charge in [0.25, 0.3) is 5.91 Å². The molecule has 1 rings (SSSR count). The molecule has 0 heterocycles. The van der Waals surface area contributed by atoms with E-state index in [2.05, 4.69) is 10.1 Å². The first kappa shape index (κ1) is 17.4. The molecule has 1 N–H and O–H groups in total. The maximum atomic E-state index is 11.7. The van der Waals surface area contributed by atoms with Gasteiger partial charge in [-0.3, -0.25) is 4.79 Å². The van der Waals surface area contributed by atoms with E-state index in [1.54, 1.807) is 13.0 Å². The Morgan fingerprint density at radius 1 is 1.09 bits per heavy atom. The molecule has 1 amide bonds. The van der Waals surface area contributed by atoms with E-state index < -0.39 is 24.5 Å². The molecule has 0 unspecified atom stereocenters. The summed E-state index contributed by atoms with van der Waals surface area (Å²) in [5.41, 5.74) is 2.67. The number of rotatable bonds is 6. The van der Waals surface area contributed by atoms with Gasteiger partial charge in [0.05, 0.1) is 6.61 Å². The van der Waals surface area contributed by atoms with Crippen molar-refractivity contribution >= 4 is 23.5 Å². The average Bonchev–Trinajstić information content (AvgIpc) is 2.48. The molecule has 0 aliphatic heterocycles. The van der Waals surface area contributed by atoms with E-state index in [0.29, 0.717) is 5.69 Å². The average molecular weight is 305 g/mol. The number of hydrogen-bond acceptors (Lipinski definition) is 5. The predicted octanol–water partition coefficient (Wildman–Crippen LogP) is 1.90. The molecule has 118 valence electrons. The highest BCUT2D eigenvalue weighted by atomic mass is 16.5. The van der Waals surface area contributed by atoms with E-state index in [9.17, 15) is 14.4 Å². The molecule has 22 heavy (non-hydrogen) atoms. The van der Waals surface area contributed by atoms with Crippen LogP contribution in [0.5, 0.6) is 0 Å². The first-order chi connectivity index (χ1) is 10.4. The van der Waals surface area contributed by atoms with Crippen LogP contribution in [0.4, 0.5) is 5.69 Å². The number of carbonyl (C=O) groups excluding carboxylic acids is 3. The highest BCUT2D eigenvalue weighted by Gasteiger charge is 2.08. The number of amides is 1. The lowest BCUT2D eigenvalue weighted by atomic mass is 10.1. The van der Waals surface area contributed by atoms with Crippen molar-refractivity contribution in [3.8, 4) is 0 Å². The van der Waals surface area contributed by atoms with Crippen LogP contribution in [0.15, 0.2) is 30.4 Å². The van der Waals surface area contributed by atoms with Crippen molar-refractivity contribution in [1.29, 1.82) is 0 Å². The number of ether oxygens (including phenoxy) is 2. The minimum absolute atomic E-state index is 0.219. The number of esters is 2. The van der Waals surface area contributed by atoms with Gasteiger partial charge in [-0.05, 0) is 38.0 Å². The van der Waals surface area contributed by atoms with Crippen LogP contribution < -0.4 is 5.32 Å². The molecular weight excluding hydrogens is 286 g/mol. The molecule has 6 heteroatoms. The van der Waals surface area contributed by atoms with E-state index in [0.717, 1.165) is 23.3 Å². The van der Waals surface area contributed by atoms with E-state index in [-0.39, 0.29) is 6.61 Å². The number of carbonyl (C=O) groups is 3. The fraction of sp³-hybridized carbons (Fsp3) is 0.312. The topological polar surface area (TPSA) is 81.7 Å². The normalized spacial score (nSPS) is 10.3. The summed E-state index contributed by atoms with van der Waals surface area (Å²) in [6.07, 6.45) is 1.87. The van der Waals surface area contributed by atoms with Crippen LogP contribution in [0.25, 0.3) is 0 Å². The van der Waals surface area contributed by atoms with Gasteiger partial charge < -0.3 is 14.8 Å². The number of aryl methyl sites for hydroxylation is 1. The highest BCUT2D eigenvalue weighted by molar-refractivity contribution is 5.96. The lowest BCUT2D eigenvalue weighted by molar-refractivity contribution is -0.143. The fourth-order valence-corrected chi connectivity index (χ4v) is 1.58. The van der Waals surface area contributed by atoms with Crippen molar-refractivity contribution in [1.82, 2.24) is 0 Å². The molecule has 0 radical (unpaired) electrons. The lowest BCUT2D eigenvalue weighted by Crippen LogP contribution is -2.20. The van der Waals surface area contributed by atoms with Gasteiger partial charge in [0.2, 0.25) is 0 Å². The summed E-state index contributed by atoms with van der Waals surface area (Å²) in [6, 6.07) is 5.53. The molecule has 0 fully saturated rings. The second-order valence-corrected chi connectivity index (χ2v) is 4.49.